The number of alkyl halides is 3. The van der Waals surface area contributed by atoms with Crippen LogP contribution in [0.4, 0.5) is 18.9 Å². The van der Waals surface area contributed by atoms with Gasteiger partial charge in [0.1, 0.15) is 0 Å². The number of nitrogens with zero attached hydrogens (tertiary/aromatic N) is 1. The van der Waals surface area contributed by atoms with Crippen LogP contribution in [0.1, 0.15) is 21.5 Å². The predicted molar refractivity (Wildman–Crippen MR) is 97.4 cm³/mol. The van der Waals surface area contributed by atoms with Crippen molar-refractivity contribution in [1.82, 2.24) is 4.90 Å². The Morgan fingerprint density at radius 2 is 1.76 bits per heavy atom. The van der Waals surface area contributed by atoms with Crippen LogP contribution in [-0.2, 0) is 27.8 Å². The van der Waals surface area contributed by atoms with Crippen molar-refractivity contribution in [3.8, 4) is 0 Å². The number of sulfonamides is 1. The number of para-hydroxylation sites is 1. The smallest absolute Gasteiger partial charge is 0.366 e. The molecule has 0 spiro atoms. The van der Waals surface area contributed by atoms with Crippen molar-refractivity contribution < 1.29 is 31.2 Å². The zero-order valence-corrected chi connectivity index (χ0v) is 15.7. The Bertz CT molecular complexity index is 1080. The number of amides is 2. The molecule has 0 radical (unpaired) electrons. The third-order valence-corrected chi connectivity index (χ3v) is 5.83. The molecular formula is C18H16F3N3O4S. The van der Waals surface area contributed by atoms with E-state index < -0.39 is 28.0 Å². The minimum Gasteiger partial charge on any atom is -0.366 e. The molecule has 2 aromatic carbocycles. The summed E-state index contributed by atoms with van der Waals surface area (Å²) < 4.78 is 65.8. The van der Waals surface area contributed by atoms with Crippen molar-refractivity contribution in [3.05, 3.63) is 59.2 Å². The van der Waals surface area contributed by atoms with E-state index in [1.807, 2.05) is 0 Å². The van der Waals surface area contributed by atoms with Gasteiger partial charge in [-0.2, -0.15) is 13.2 Å². The Hall–Kier alpha value is -3.08. The number of nitrogens with two attached hydrogens (primary N) is 1. The topological polar surface area (TPSA) is 110 Å². The second-order valence-corrected chi connectivity index (χ2v) is 8.10. The zero-order chi connectivity index (χ0) is 21.4. The zero-order valence-electron chi connectivity index (χ0n) is 14.9. The number of primary amides is 1. The first kappa shape index (κ1) is 20.6. The van der Waals surface area contributed by atoms with E-state index in [0.717, 1.165) is 0 Å². The van der Waals surface area contributed by atoms with Gasteiger partial charge >= 0.3 is 12.1 Å². The standard InChI is InChI=1S/C18H16F3N3O4S/c19-18(20,21)17(26)24-8-7-11-5-6-13(9-12(11)10-24)29(27,28)23-15-4-2-1-3-14(15)16(22)25/h1-6,9,23H,7-8,10H2,(H2,22,25). The minimum absolute atomic E-state index is 0.0217. The highest BCUT2D eigenvalue weighted by molar-refractivity contribution is 7.92. The van der Waals surface area contributed by atoms with Crippen molar-refractivity contribution in [2.75, 3.05) is 11.3 Å². The van der Waals surface area contributed by atoms with Crippen molar-refractivity contribution in [1.29, 1.82) is 0 Å². The van der Waals surface area contributed by atoms with Gasteiger partial charge in [0.05, 0.1) is 16.1 Å². The average molecular weight is 427 g/mol. The molecular weight excluding hydrogens is 411 g/mol. The number of nitrogens with one attached hydrogen (secondary N) is 1. The highest BCUT2D eigenvalue weighted by Gasteiger charge is 2.43. The first-order chi connectivity index (χ1) is 13.5. The maximum atomic E-state index is 12.7. The summed E-state index contributed by atoms with van der Waals surface area (Å²) in [5.41, 5.74) is 6.15. The molecule has 0 aliphatic carbocycles. The summed E-state index contributed by atoms with van der Waals surface area (Å²) in [4.78, 5) is 23.4. The lowest BCUT2D eigenvalue weighted by atomic mass is 10.00. The van der Waals surface area contributed by atoms with E-state index in [4.69, 9.17) is 5.73 Å². The second kappa shape index (κ2) is 7.39. The summed E-state index contributed by atoms with van der Waals surface area (Å²) in [7, 11) is -4.15. The van der Waals surface area contributed by atoms with Crippen LogP contribution in [0.2, 0.25) is 0 Å². The maximum Gasteiger partial charge on any atom is 0.471 e. The molecule has 0 saturated carbocycles. The highest BCUT2D eigenvalue weighted by atomic mass is 32.2. The van der Waals surface area contributed by atoms with Gasteiger partial charge in [0.2, 0.25) is 0 Å². The number of hydrogen-bond acceptors (Lipinski definition) is 4. The third-order valence-electron chi connectivity index (χ3n) is 4.47. The van der Waals surface area contributed by atoms with Crippen molar-refractivity contribution in [2.45, 2.75) is 24.0 Å². The van der Waals surface area contributed by atoms with Crippen molar-refractivity contribution >= 4 is 27.5 Å². The van der Waals surface area contributed by atoms with Gasteiger partial charge in [-0.05, 0) is 41.8 Å². The summed E-state index contributed by atoms with van der Waals surface area (Å²) in [6, 6.07) is 9.78. The molecule has 2 aromatic rings. The summed E-state index contributed by atoms with van der Waals surface area (Å²) in [5.74, 6) is -2.79. The number of rotatable bonds is 4. The van der Waals surface area contributed by atoms with E-state index in [1.54, 1.807) is 0 Å². The van der Waals surface area contributed by atoms with Crippen LogP contribution < -0.4 is 10.5 Å². The Balaban J connectivity index is 1.90. The lowest BCUT2D eigenvalue weighted by Crippen LogP contribution is -2.43. The van der Waals surface area contributed by atoms with Gasteiger partial charge in [-0.3, -0.25) is 14.3 Å². The van der Waals surface area contributed by atoms with Crippen LogP contribution in [0.15, 0.2) is 47.4 Å². The van der Waals surface area contributed by atoms with Crippen molar-refractivity contribution in [2.24, 2.45) is 5.73 Å². The Morgan fingerprint density at radius 1 is 1.07 bits per heavy atom. The van der Waals surface area contributed by atoms with E-state index in [2.05, 4.69) is 4.72 Å². The number of halogens is 3. The van der Waals surface area contributed by atoms with Crippen LogP contribution >= 0.6 is 0 Å². The third kappa shape index (κ3) is 4.34. The molecule has 2 amide bonds. The Morgan fingerprint density at radius 3 is 2.41 bits per heavy atom. The lowest BCUT2D eigenvalue weighted by Gasteiger charge is -2.29. The molecule has 1 aliphatic heterocycles. The van der Waals surface area contributed by atoms with Gasteiger partial charge in [0, 0.05) is 13.1 Å². The molecule has 0 atom stereocenters. The molecule has 154 valence electrons. The summed E-state index contributed by atoms with van der Waals surface area (Å²) in [5, 5.41) is 0. The van der Waals surface area contributed by atoms with Gasteiger partial charge in [-0.25, -0.2) is 8.42 Å². The molecule has 3 rings (SSSR count). The highest BCUT2D eigenvalue weighted by Crippen LogP contribution is 2.27. The van der Waals surface area contributed by atoms with Crippen LogP contribution in [0.3, 0.4) is 0 Å². The van der Waals surface area contributed by atoms with E-state index in [0.29, 0.717) is 16.0 Å². The predicted octanol–water partition coefficient (Wildman–Crippen LogP) is 2.03. The first-order valence-corrected chi connectivity index (χ1v) is 9.87. The number of anilines is 1. The van der Waals surface area contributed by atoms with Crippen LogP contribution in [0, 0.1) is 0 Å². The molecule has 0 fully saturated rings. The average Bonchev–Trinajstić information content (AvgIpc) is 2.65. The number of benzene rings is 2. The van der Waals surface area contributed by atoms with E-state index in [-0.39, 0.29) is 35.7 Å². The van der Waals surface area contributed by atoms with Gasteiger partial charge in [-0.15, -0.1) is 0 Å². The molecule has 29 heavy (non-hydrogen) atoms. The number of carbonyl (C=O) groups is 2. The molecule has 3 N–H and O–H groups in total. The number of fused-ring (bicyclic) bond motifs is 1. The van der Waals surface area contributed by atoms with Gasteiger partial charge in [-0.1, -0.05) is 18.2 Å². The van der Waals surface area contributed by atoms with E-state index >= 15 is 0 Å². The molecule has 1 aliphatic rings. The van der Waals surface area contributed by atoms with E-state index in [9.17, 15) is 31.2 Å². The van der Waals surface area contributed by atoms with Gasteiger partial charge < -0.3 is 10.6 Å². The summed E-state index contributed by atoms with van der Waals surface area (Å²) in [6.45, 7) is -0.462. The number of hydrogen-bond donors (Lipinski definition) is 2. The first-order valence-electron chi connectivity index (χ1n) is 8.38. The minimum atomic E-state index is -5.00. The molecule has 11 heteroatoms. The van der Waals surface area contributed by atoms with Crippen molar-refractivity contribution in [3.63, 3.8) is 0 Å². The molecule has 1 heterocycles. The van der Waals surface area contributed by atoms with Crippen LogP contribution in [0.25, 0.3) is 0 Å². The SMILES string of the molecule is NC(=O)c1ccccc1NS(=O)(=O)c1ccc2c(c1)CN(C(=O)C(F)(F)F)CC2. The summed E-state index contributed by atoms with van der Waals surface area (Å²) in [6.07, 6.45) is -4.82. The summed E-state index contributed by atoms with van der Waals surface area (Å²) >= 11 is 0. The molecule has 7 nitrogen and oxygen atoms in total. The monoisotopic (exact) mass is 427 g/mol. The maximum absolute atomic E-state index is 12.7. The van der Waals surface area contributed by atoms with Crippen LogP contribution in [0.5, 0.6) is 0 Å². The van der Waals surface area contributed by atoms with Gasteiger partial charge in [0.25, 0.3) is 15.9 Å². The second-order valence-electron chi connectivity index (χ2n) is 6.42. The Kier molecular flexibility index (Phi) is 5.26. The lowest BCUT2D eigenvalue weighted by molar-refractivity contribution is -0.186. The molecule has 0 bridgehead atoms. The fourth-order valence-electron chi connectivity index (χ4n) is 3.04. The number of carbonyl (C=O) groups excluding carboxylic acids is 2. The molecule has 0 unspecified atom stereocenters. The normalized spacial score (nSPS) is 14.2. The quantitative estimate of drug-likeness (QED) is 0.778. The van der Waals surface area contributed by atoms with Crippen LogP contribution in [-0.4, -0.2) is 37.9 Å². The Labute approximate surface area is 164 Å². The molecule has 0 saturated heterocycles. The fraction of sp³-hybridized carbons (Fsp3) is 0.222. The fourth-order valence-corrected chi connectivity index (χ4v) is 4.17. The van der Waals surface area contributed by atoms with E-state index in [1.165, 1.54) is 42.5 Å². The largest absolute Gasteiger partial charge is 0.471 e. The van der Waals surface area contributed by atoms with Gasteiger partial charge in [0.15, 0.2) is 0 Å². The molecule has 0 aromatic heterocycles.